The third kappa shape index (κ3) is 4.74. The molecule has 1 aliphatic heterocycles. The highest BCUT2D eigenvalue weighted by Gasteiger charge is 2.23. The van der Waals surface area contributed by atoms with Crippen LogP contribution in [-0.2, 0) is 4.79 Å². The Balaban J connectivity index is 2.19. The molecule has 0 radical (unpaired) electrons. The maximum Gasteiger partial charge on any atom is 0.220 e. The lowest BCUT2D eigenvalue weighted by atomic mass is 9.89. The van der Waals surface area contributed by atoms with Crippen LogP contribution in [0.3, 0.4) is 0 Å². The van der Waals surface area contributed by atoms with Gasteiger partial charge in [0.25, 0.3) is 0 Å². The van der Waals surface area contributed by atoms with Crippen molar-refractivity contribution >= 4 is 5.91 Å². The summed E-state index contributed by atoms with van der Waals surface area (Å²) in [5.41, 5.74) is 5.08. The van der Waals surface area contributed by atoms with Crippen molar-refractivity contribution in [3.63, 3.8) is 0 Å². The molecule has 0 bridgehead atoms. The van der Waals surface area contributed by atoms with E-state index in [1.165, 1.54) is 0 Å². The second-order valence-electron chi connectivity index (χ2n) is 5.62. The van der Waals surface area contributed by atoms with E-state index >= 15 is 0 Å². The summed E-state index contributed by atoms with van der Waals surface area (Å²) in [6, 6.07) is 2.32. The molecule has 1 rings (SSSR count). The van der Waals surface area contributed by atoms with Crippen LogP contribution in [0.15, 0.2) is 0 Å². The van der Waals surface area contributed by atoms with Crippen molar-refractivity contribution in [1.29, 1.82) is 5.26 Å². The molecule has 1 fully saturated rings. The van der Waals surface area contributed by atoms with Crippen LogP contribution in [0.4, 0.5) is 0 Å². The number of hydrogen-bond acceptors (Lipinski definition) is 3. The van der Waals surface area contributed by atoms with Crippen LogP contribution >= 0.6 is 0 Å². The second kappa shape index (κ2) is 6.02. The van der Waals surface area contributed by atoms with Gasteiger partial charge in [0, 0.05) is 5.92 Å². The molecule has 1 saturated heterocycles. The Morgan fingerprint density at radius 1 is 1.47 bits per heavy atom. The minimum atomic E-state index is -0.217. The molecule has 1 aliphatic rings. The van der Waals surface area contributed by atoms with E-state index < -0.39 is 0 Å². The van der Waals surface area contributed by atoms with Crippen molar-refractivity contribution in [2.24, 2.45) is 17.1 Å². The van der Waals surface area contributed by atoms with Crippen LogP contribution < -0.4 is 5.73 Å². The normalized spacial score (nSPS) is 18.9. The van der Waals surface area contributed by atoms with Gasteiger partial charge in [-0.25, -0.2) is 0 Å². The molecule has 1 amide bonds. The van der Waals surface area contributed by atoms with E-state index in [1.54, 1.807) is 0 Å². The van der Waals surface area contributed by atoms with Gasteiger partial charge in [0.15, 0.2) is 0 Å². The molecule has 0 unspecified atom stereocenters. The van der Waals surface area contributed by atoms with Gasteiger partial charge in [-0.15, -0.1) is 0 Å². The molecule has 0 saturated carbocycles. The summed E-state index contributed by atoms with van der Waals surface area (Å²) in [6.45, 7) is 6.90. The Hall–Kier alpha value is -1.08. The van der Waals surface area contributed by atoms with Crippen LogP contribution in [0.5, 0.6) is 0 Å². The molecule has 4 nitrogen and oxygen atoms in total. The molecule has 1 heterocycles. The summed E-state index contributed by atoms with van der Waals surface area (Å²) in [7, 11) is 0. The maximum absolute atomic E-state index is 11.0. The van der Waals surface area contributed by atoms with Crippen LogP contribution in [0.25, 0.3) is 0 Å². The first-order valence-electron chi connectivity index (χ1n) is 6.37. The summed E-state index contributed by atoms with van der Waals surface area (Å²) in [6.07, 6.45) is 3.75. The zero-order valence-corrected chi connectivity index (χ0v) is 10.9. The highest BCUT2D eigenvalue weighted by Crippen LogP contribution is 2.22. The van der Waals surface area contributed by atoms with Gasteiger partial charge >= 0.3 is 0 Å². The predicted octanol–water partition coefficient (Wildman–Crippen LogP) is 1.51. The molecule has 0 spiro atoms. The molecular weight excluding hydrogens is 214 g/mol. The van der Waals surface area contributed by atoms with E-state index in [0.717, 1.165) is 45.3 Å². The van der Waals surface area contributed by atoms with Crippen LogP contribution in [0.2, 0.25) is 0 Å². The lowest BCUT2D eigenvalue weighted by molar-refractivity contribution is -0.123. The number of likely N-dealkylation sites (tertiary alicyclic amines) is 1. The smallest absolute Gasteiger partial charge is 0.220 e. The number of amides is 1. The lowest BCUT2D eigenvalue weighted by Crippen LogP contribution is -2.39. The molecule has 4 heteroatoms. The van der Waals surface area contributed by atoms with Crippen LogP contribution in [0, 0.1) is 22.7 Å². The van der Waals surface area contributed by atoms with E-state index in [1.807, 2.05) is 13.8 Å². The number of carbonyl (C=O) groups excluding carboxylic acids is 1. The number of nitrogens with zero attached hydrogens (tertiary/aromatic N) is 2. The number of nitrogens with two attached hydrogens (primary N) is 1. The Kier molecular flexibility index (Phi) is 4.95. The molecule has 17 heavy (non-hydrogen) atoms. The topological polar surface area (TPSA) is 70.1 Å². The van der Waals surface area contributed by atoms with Crippen LogP contribution in [-0.4, -0.2) is 30.4 Å². The predicted molar refractivity (Wildman–Crippen MR) is 67.0 cm³/mol. The van der Waals surface area contributed by atoms with Gasteiger partial charge in [0.2, 0.25) is 5.91 Å². The van der Waals surface area contributed by atoms with Gasteiger partial charge < -0.3 is 10.6 Å². The maximum atomic E-state index is 11.0. The summed E-state index contributed by atoms with van der Waals surface area (Å²) < 4.78 is 0. The number of nitriles is 1. The van der Waals surface area contributed by atoms with Crippen molar-refractivity contribution in [2.45, 2.75) is 39.5 Å². The first-order valence-corrected chi connectivity index (χ1v) is 6.37. The Morgan fingerprint density at radius 3 is 2.53 bits per heavy atom. The molecule has 0 aliphatic carbocycles. The summed E-state index contributed by atoms with van der Waals surface area (Å²) in [5, 5.41) is 8.91. The fourth-order valence-electron chi connectivity index (χ4n) is 2.24. The monoisotopic (exact) mass is 237 g/mol. The van der Waals surface area contributed by atoms with Crippen molar-refractivity contribution in [1.82, 2.24) is 4.90 Å². The van der Waals surface area contributed by atoms with E-state index in [9.17, 15) is 4.79 Å². The van der Waals surface area contributed by atoms with Gasteiger partial charge in [0.1, 0.15) is 0 Å². The summed E-state index contributed by atoms with van der Waals surface area (Å²) >= 11 is 0. The van der Waals surface area contributed by atoms with Crippen molar-refractivity contribution in [2.75, 3.05) is 19.6 Å². The summed E-state index contributed by atoms with van der Waals surface area (Å²) in [5.74, 6) is -0.0861. The molecular formula is C13H23N3O. The summed E-state index contributed by atoms with van der Waals surface area (Å²) in [4.78, 5) is 13.4. The standard InChI is InChI=1S/C13H23N3O/c1-13(2,10-14)6-3-7-16-8-4-11(5-9-16)12(15)17/h11H,3-9H2,1-2H3,(H2,15,17). The number of carbonyl (C=O) groups is 1. The zero-order chi connectivity index (χ0) is 12.9. The van der Waals surface area contributed by atoms with Gasteiger partial charge in [-0.2, -0.15) is 5.26 Å². The largest absolute Gasteiger partial charge is 0.369 e. The minimum Gasteiger partial charge on any atom is -0.369 e. The second-order valence-corrected chi connectivity index (χ2v) is 5.62. The molecule has 0 aromatic heterocycles. The molecule has 0 atom stereocenters. The Labute approximate surface area is 104 Å². The Morgan fingerprint density at radius 2 is 2.06 bits per heavy atom. The Bertz CT molecular complexity index is 298. The number of hydrogen-bond donors (Lipinski definition) is 1. The number of rotatable bonds is 5. The van der Waals surface area contributed by atoms with Crippen molar-refractivity contribution < 1.29 is 4.79 Å². The van der Waals surface area contributed by atoms with E-state index in [-0.39, 0.29) is 17.2 Å². The van der Waals surface area contributed by atoms with Gasteiger partial charge in [0.05, 0.1) is 11.5 Å². The fraction of sp³-hybridized carbons (Fsp3) is 0.846. The van der Waals surface area contributed by atoms with Crippen molar-refractivity contribution in [3.05, 3.63) is 0 Å². The van der Waals surface area contributed by atoms with E-state index in [0.29, 0.717) is 0 Å². The quantitative estimate of drug-likeness (QED) is 0.788. The first-order chi connectivity index (χ1) is 7.94. The molecule has 0 aromatic carbocycles. The molecule has 0 aromatic rings. The lowest BCUT2D eigenvalue weighted by Gasteiger charge is -2.30. The zero-order valence-electron chi connectivity index (χ0n) is 10.9. The van der Waals surface area contributed by atoms with Gasteiger partial charge in [-0.3, -0.25) is 4.79 Å². The van der Waals surface area contributed by atoms with E-state index in [2.05, 4.69) is 11.0 Å². The van der Waals surface area contributed by atoms with E-state index in [4.69, 9.17) is 11.0 Å². The first kappa shape index (κ1) is 14.0. The SMILES string of the molecule is CC(C)(C#N)CCCN1CCC(C(N)=O)CC1. The highest BCUT2D eigenvalue weighted by atomic mass is 16.1. The fourth-order valence-corrected chi connectivity index (χ4v) is 2.24. The minimum absolute atomic E-state index is 0.0711. The molecule has 96 valence electrons. The average Bonchev–Trinajstić information content (AvgIpc) is 2.29. The average molecular weight is 237 g/mol. The third-order valence-corrected chi connectivity index (χ3v) is 3.57. The van der Waals surface area contributed by atoms with Crippen LogP contribution in [0.1, 0.15) is 39.5 Å². The van der Waals surface area contributed by atoms with Crippen molar-refractivity contribution in [3.8, 4) is 6.07 Å². The third-order valence-electron chi connectivity index (χ3n) is 3.57. The number of primary amides is 1. The number of piperidine rings is 1. The van der Waals surface area contributed by atoms with Gasteiger partial charge in [-0.05, 0) is 59.2 Å². The molecule has 2 N–H and O–H groups in total. The highest BCUT2D eigenvalue weighted by molar-refractivity contribution is 5.76. The van der Waals surface area contributed by atoms with Gasteiger partial charge in [-0.1, -0.05) is 0 Å².